The molecule has 3 unspecified atom stereocenters. The molecule has 312 valence electrons. The number of aromatic nitrogens is 1. The number of carbonyl (C=O) groups is 1. The number of hydrogen-bond acceptors (Lipinski definition) is 7. The molecule has 5 aromatic carbocycles. The molecule has 1 aromatic heterocycles. The molecule has 0 aliphatic carbocycles. The quantitative estimate of drug-likeness (QED) is 0.109. The lowest BCUT2D eigenvalue weighted by molar-refractivity contribution is -0.274. The fraction of sp³-hybridized carbons (Fsp3) is 0.333. The van der Waals surface area contributed by atoms with E-state index in [1.807, 2.05) is 60.5 Å². The summed E-state index contributed by atoms with van der Waals surface area (Å²) in [7, 11) is 3.57. The maximum absolute atomic E-state index is 15.6. The Bertz CT molecular complexity index is 2410. The normalized spacial score (nSPS) is 16.6. The minimum atomic E-state index is -4.97. The first-order valence-electron chi connectivity index (χ1n) is 20.7. The first-order chi connectivity index (χ1) is 29.0. The van der Waals surface area contributed by atoms with Crippen molar-refractivity contribution in [3.63, 3.8) is 0 Å². The number of nitrogens with zero attached hydrogens (tertiary/aromatic N) is 5. The molecule has 3 atom stereocenters. The number of amides is 1. The van der Waals surface area contributed by atoms with Gasteiger partial charge in [-0.05, 0) is 104 Å². The number of ether oxygens (including phenoxy) is 1. The van der Waals surface area contributed by atoms with Crippen LogP contribution in [0, 0.1) is 0 Å². The Balaban J connectivity index is 1.23. The largest absolute Gasteiger partial charge is 0.573 e. The second-order valence-electron chi connectivity index (χ2n) is 15.9. The Morgan fingerprint density at radius 2 is 1.13 bits per heavy atom. The van der Waals surface area contributed by atoms with Crippen molar-refractivity contribution in [1.29, 1.82) is 0 Å². The average molecular weight is 818 g/mol. The van der Waals surface area contributed by atoms with Gasteiger partial charge in [0, 0.05) is 32.2 Å². The second-order valence-corrected chi connectivity index (χ2v) is 15.9. The highest BCUT2D eigenvalue weighted by molar-refractivity contribution is 5.84. The monoisotopic (exact) mass is 817 g/mol. The van der Waals surface area contributed by atoms with Crippen molar-refractivity contribution in [3.8, 4) is 28.0 Å². The minimum Gasteiger partial charge on any atom is -0.408 e. The average Bonchev–Trinajstić information content (AvgIpc) is 4.05. The van der Waals surface area contributed by atoms with E-state index >= 15 is 4.79 Å². The van der Waals surface area contributed by atoms with Crippen molar-refractivity contribution in [2.75, 3.05) is 53.4 Å². The maximum Gasteiger partial charge on any atom is 0.573 e. The number of carbonyl (C=O) groups excluding carboxylic acids is 1. The SMILES string of the molecule is CN(C(=O)C(N(C)C(CN1CCCC1)c1ccc(-c2ccccc2)cc1)n1c(=O)oc2ccc(OC(F)(F)F)cc21)C(CN1CCCC1)c1ccc(-c2ccccc2)cc1. The van der Waals surface area contributed by atoms with Crippen molar-refractivity contribution in [2.24, 2.45) is 0 Å². The summed E-state index contributed by atoms with van der Waals surface area (Å²) in [6.45, 7) is 4.68. The summed E-state index contributed by atoms with van der Waals surface area (Å²) in [5, 5.41) is 0. The Kier molecular flexibility index (Phi) is 12.2. The highest BCUT2D eigenvalue weighted by Crippen LogP contribution is 2.36. The van der Waals surface area contributed by atoms with Gasteiger partial charge in [-0.25, -0.2) is 9.36 Å². The third-order valence-electron chi connectivity index (χ3n) is 12.0. The predicted octanol–water partition coefficient (Wildman–Crippen LogP) is 9.39. The van der Waals surface area contributed by atoms with Gasteiger partial charge in [0.2, 0.25) is 0 Å². The third-order valence-corrected chi connectivity index (χ3v) is 12.0. The number of fused-ring (bicyclic) bond motifs is 1. The van der Waals surface area contributed by atoms with Crippen LogP contribution >= 0.6 is 0 Å². The van der Waals surface area contributed by atoms with Gasteiger partial charge in [-0.3, -0.25) is 9.69 Å². The van der Waals surface area contributed by atoms with Crippen molar-refractivity contribution < 1.29 is 27.1 Å². The molecule has 2 aliphatic rings. The van der Waals surface area contributed by atoms with Crippen LogP contribution in [-0.2, 0) is 4.79 Å². The Hall–Kier alpha value is -5.69. The van der Waals surface area contributed by atoms with Crippen LogP contribution in [0.1, 0.15) is 55.1 Å². The van der Waals surface area contributed by atoms with Crippen LogP contribution in [0.4, 0.5) is 13.2 Å². The third kappa shape index (κ3) is 9.21. The molecule has 2 aliphatic heterocycles. The number of benzene rings is 5. The topological polar surface area (TPSA) is 74.4 Å². The smallest absolute Gasteiger partial charge is 0.408 e. The summed E-state index contributed by atoms with van der Waals surface area (Å²) >= 11 is 0. The van der Waals surface area contributed by atoms with Gasteiger partial charge in [0.25, 0.3) is 5.91 Å². The van der Waals surface area contributed by atoms with E-state index < -0.39 is 42.0 Å². The number of alkyl halides is 3. The van der Waals surface area contributed by atoms with Crippen LogP contribution < -0.4 is 10.5 Å². The van der Waals surface area contributed by atoms with Gasteiger partial charge in [0.1, 0.15) is 5.75 Å². The number of rotatable bonds is 14. The molecule has 0 spiro atoms. The van der Waals surface area contributed by atoms with Crippen LogP contribution in [0.25, 0.3) is 33.4 Å². The fourth-order valence-electron chi connectivity index (χ4n) is 8.81. The van der Waals surface area contributed by atoms with Gasteiger partial charge in [0.15, 0.2) is 11.7 Å². The summed E-state index contributed by atoms with van der Waals surface area (Å²) in [4.78, 5) is 38.0. The first-order valence-corrected chi connectivity index (χ1v) is 20.7. The van der Waals surface area contributed by atoms with Gasteiger partial charge < -0.3 is 23.9 Å². The maximum atomic E-state index is 15.6. The molecular weight excluding hydrogens is 768 g/mol. The van der Waals surface area contributed by atoms with E-state index in [-0.39, 0.29) is 11.1 Å². The second kappa shape index (κ2) is 17.9. The molecule has 8 rings (SSSR count). The van der Waals surface area contributed by atoms with E-state index in [9.17, 15) is 18.0 Å². The predicted molar refractivity (Wildman–Crippen MR) is 227 cm³/mol. The Morgan fingerprint density at radius 3 is 1.63 bits per heavy atom. The molecular formula is C48H50F3N5O4. The molecule has 3 heterocycles. The van der Waals surface area contributed by atoms with E-state index in [4.69, 9.17) is 4.42 Å². The first kappa shape index (κ1) is 41.1. The zero-order valence-corrected chi connectivity index (χ0v) is 33.9. The molecule has 9 nitrogen and oxygen atoms in total. The number of oxazole rings is 1. The lowest BCUT2D eigenvalue weighted by atomic mass is 9.98. The van der Waals surface area contributed by atoms with Crippen LogP contribution in [-0.4, -0.2) is 89.8 Å². The fourth-order valence-corrected chi connectivity index (χ4v) is 8.81. The van der Waals surface area contributed by atoms with Crippen LogP contribution in [0.3, 0.4) is 0 Å². The molecule has 12 heteroatoms. The van der Waals surface area contributed by atoms with Crippen molar-refractivity contribution in [1.82, 2.24) is 24.2 Å². The summed E-state index contributed by atoms with van der Waals surface area (Å²) in [5.41, 5.74) is 6.13. The molecule has 1 amide bonds. The van der Waals surface area contributed by atoms with E-state index in [1.165, 1.54) is 10.6 Å². The Labute approximate surface area is 348 Å². The number of likely N-dealkylation sites (tertiary alicyclic amines) is 2. The van der Waals surface area contributed by atoms with Crippen molar-refractivity contribution in [2.45, 2.75) is 50.3 Å². The standard InChI is InChI=1S/C48H50F3N5O4/c1-52(42(32-54-27-9-10-28-54)38-21-17-36(18-22-38)34-13-5-3-6-14-34)45(56-41-31-40(60-48(49,50)51)25-26-44(41)59-47(56)58)46(57)53(2)43(33-55-29-11-12-30-55)39-23-19-37(20-24-39)35-15-7-4-8-16-35/h3-8,13-26,31,42-43,45H,9-12,27-30,32-33H2,1-2H3. The van der Waals surface area contributed by atoms with Crippen LogP contribution in [0.2, 0.25) is 0 Å². The summed E-state index contributed by atoms with van der Waals surface area (Å²) in [6.07, 6.45) is -2.09. The van der Waals surface area contributed by atoms with Crippen LogP contribution in [0.15, 0.2) is 137 Å². The molecule has 0 N–H and O–H groups in total. The zero-order chi connectivity index (χ0) is 41.8. The highest BCUT2D eigenvalue weighted by atomic mass is 19.4. The zero-order valence-electron chi connectivity index (χ0n) is 33.9. The summed E-state index contributed by atoms with van der Waals surface area (Å²) in [6, 6.07) is 39.3. The summed E-state index contributed by atoms with van der Waals surface area (Å²) < 4.78 is 51.8. The molecule has 2 fully saturated rings. The summed E-state index contributed by atoms with van der Waals surface area (Å²) in [5.74, 6) is -1.80. The van der Waals surface area contributed by atoms with Crippen molar-refractivity contribution >= 4 is 17.0 Å². The van der Waals surface area contributed by atoms with E-state index in [1.54, 1.807) is 11.9 Å². The molecule has 0 saturated carbocycles. The molecule has 2 saturated heterocycles. The molecule has 0 bridgehead atoms. The van der Waals surface area contributed by atoms with Crippen LogP contribution in [0.5, 0.6) is 5.75 Å². The highest BCUT2D eigenvalue weighted by Gasteiger charge is 2.40. The number of likely N-dealkylation sites (N-methyl/N-ethyl adjacent to an activating group) is 2. The van der Waals surface area contributed by atoms with Gasteiger partial charge in [0.05, 0.1) is 11.6 Å². The van der Waals surface area contributed by atoms with E-state index in [2.05, 4.69) is 75.2 Å². The van der Waals surface area contributed by atoms with Gasteiger partial charge in [-0.2, -0.15) is 0 Å². The number of hydrogen-bond donors (Lipinski definition) is 0. The molecule has 60 heavy (non-hydrogen) atoms. The molecule has 0 radical (unpaired) electrons. The van der Waals surface area contributed by atoms with Gasteiger partial charge >= 0.3 is 12.1 Å². The van der Waals surface area contributed by atoms with Gasteiger partial charge in [-0.1, -0.05) is 109 Å². The minimum absolute atomic E-state index is 0.0167. The lowest BCUT2D eigenvalue weighted by Gasteiger charge is -2.40. The van der Waals surface area contributed by atoms with E-state index in [0.717, 1.165) is 97.4 Å². The number of halogens is 3. The van der Waals surface area contributed by atoms with Gasteiger partial charge in [-0.15, -0.1) is 13.2 Å². The van der Waals surface area contributed by atoms with E-state index in [0.29, 0.717) is 13.1 Å². The van der Waals surface area contributed by atoms with Crippen molar-refractivity contribution in [3.05, 3.63) is 149 Å². The Morgan fingerprint density at radius 1 is 0.667 bits per heavy atom. The molecule has 6 aromatic rings. The lowest BCUT2D eigenvalue weighted by Crippen LogP contribution is -2.50.